The molecule has 5 nitrogen and oxygen atoms in total. The van der Waals surface area contributed by atoms with Crippen molar-refractivity contribution in [2.45, 2.75) is 19.9 Å². The quantitative estimate of drug-likeness (QED) is 0.829. The molecular weight excluding hydrogens is 368 g/mol. The summed E-state index contributed by atoms with van der Waals surface area (Å²) in [4.78, 5) is 12.1. The zero-order chi connectivity index (χ0) is 15.4. The molecule has 1 atom stereocenters. The molecule has 0 aliphatic heterocycles. The van der Waals surface area contributed by atoms with E-state index in [-0.39, 0.29) is 24.4 Å². The zero-order valence-electron chi connectivity index (χ0n) is 12.8. The summed E-state index contributed by atoms with van der Waals surface area (Å²) in [5, 5.41) is 10.3. The van der Waals surface area contributed by atoms with E-state index in [1.807, 2.05) is 45.2 Å². The van der Waals surface area contributed by atoms with E-state index in [9.17, 15) is 4.79 Å². The van der Waals surface area contributed by atoms with Crippen molar-refractivity contribution in [3.8, 4) is 5.69 Å². The van der Waals surface area contributed by atoms with Crippen LogP contribution in [-0.2, 0) is 0 Å². The molecular formula is C15H20BrClN4O. The van der Waals surface area contributed by atoms with Crippen molar-refractivity contribution in [3.05, 3.63) is 46.2 Å². The van der Waals surface area contributed by atoms with Crippen molar-refractivity contribution in [1.29, 1.82) is 0 Å². The Labute approximate surface area is 145 Å². The largest absolute Gasteiger partial charge is 0.349 e. The maximum absolute atomic E-state index is 12.1. The molecule has 0 aliphatic carbocycles. The number of nitrogens with zero attached hydrogens (tertiary/aromatic N) is 2. The summed E-state index contributed by atoms with van der Waals surface area (Å²) < 4.78 is 2.78. The fourth-order valence-corrected chi connectivity index (χ4v) is 2.13. The van der Waals surface area contributed by atoms with Crippen molar-refractivity contribution in [2.24, 2.45) is 0 Å². The normalized spacial score (nSPS) is 11.6. The number of aryl methyl sites for hydroxylation is 1. The van der Waals surface area contributed by atoms with E-state index >= 15 is 0 Å². The van der Waals surface area contributed by atoms with Gasteiger partial charge in [0.15, 0.2) is 5.69 Å². The molecule has 2 rings (SSSR count). The maximum Gasteiger partial charge on any atom is 0.271 e. The van der Waals surface area contributed by atoms with Gasteiger partial charge in [0.25, 0.3) is 5.91 Å². The molecule has 22 heavy (non-hydrogen) atoms. The van der Waals surface area contributed by atoms with Crippen LogP contribution in [0.5, 0.6) is 0 Å². The Kier molecular flexibility index (Phi) is 7.06. The Morgan fingerprint density at radius 3 is 2.59 bits per heavy atom. The van der Waals surface area contributed by atoms with Crippen LogP contribution in [0.4, 0.5) is 0 Å². The summed E-state index contributed by atoms with van der Waals surface area (Å²) in [5.41, 5.74) is 2.28. The van der Waals surface area contributed by atoms with E-state index in [0.29, 0.717) is 12.2 Å². The molecule has 0 bridgehead atoms. The van der Waals surface area contributed by atoms with Gasteiger partial charge in [-0.25, -0.2) is 4.68 Å². The fourth-order valence-electron chi connectivity index (χ4n) is 1.87. The van der Waals surface area contributed by atoms with Gasteiger partial charge in [0.2, 0.25) is 0 Å². The van der Waals surface area contributed by atoms with Gasteiger partial charge < -0.3 is 10.6 Å². The molecule has 0 saturated heterocycles. The molecule has 7 heteroatoms. The Morgan fingerprint density at radius 2 is 2.00 bits per heavy atom. The first kappa shape index (κ1) is 18.7. The number of hydrogen-bond acceptors (Lipinski definition) is 3. The number of carbonyl (C=O) groups is 1. The van der Waals surface area contributed by atoms with E-state index in [1.54, 1.807) is 10.7 Å². The Hall–Kier alpha value is -1.37. The summed E-state index contributed by atoms with van der Waals surface area (Å²) in [6.45, 7) is 4.51. The minimum atomic E-state index is -0.156. The second kappa shape index (κ2) is 8.31. The highest BCUT2D eigenvalue weighted by Gasteiger charge is 2.13. The number of rotatable bonds is 5. The fraction of sp³-hybridized carbons (Fsp3) is 0.333. The monoisotopic (exact) mass is 386 g/mol. The zero-order valence-corrected chi connectivity index (χ0v) is 15.2. The lowest BCUT2D eigenvalue weighted by Crippen LogP contribution is -2.37. The summed E-state index contributed by atoms with van der Waals surface area (Å²) in [5.74, 6) is -0.156. The molecule has 1 amide bonds. The molecule has 1 heterocycles. The molecule has 0 saturated carbocycles. The highest BCUT2D eigenvalue weighted by atomic mass is 79.9. The second-order valence-electron chi connectivity index (χ2n) is 4.96. The SMILES string of the molecule is CNC(C)CNC(=O)c1cc(C)n(-c2ccc(Br)cc2)n1.Cl. The first-order chi connectivity index (χ1) is 10.0. The molecule has 0 spiro atoms. The van der Waals surface area contributed by atoms with Gasteiger partial charge in [-0.1, -0.05) is 15.9 Å². The first-order valence-electron chi connectivity index (χ1n) is 6.79. The topological polar surface area (TPSA) is 58.9 Å². The molecule has 2 N–H and O–H groups in total. The van der Waals surface area contributed by atoms with Crippen LogP contribution in [0.25, 0.3) is 5.69 Å². The second-order valence-corrected chi connectivity index (χ2v) is 5.87. The number of carbonyl (C=O) groups excluding carboxylic acids is 1. The Morgan fingerprint density at radius 1 is 1.36 bits per heavy atom. The number of aromatic nitrogens is 2. The molecule has 0 aliphatic rings. The Bertz CT molecular complexity index is 627. The van der Waals surface area contributed by atoms with Crippen LogP contribution in [0.1, 0.15) is 23.1 Å². The Balaban J connectivity index is 0.00000242. The van der Waals surface area contributed by atoms with Crippen LogP contribution in [0.2, 0.25) is 0 Å². The summed E-state index contributed by atoms with van der Waals surface area (Å²) in [6, 6.07) is 9.82. The number of nitrogens with one attached hydrogen (secondary N) is 2. The van der Waals surface area contributed by atoms with Crippen molar-refractivity contribution >= 4 is 34.2 Å². The third-order valence-electron chi connectivity index (χ3n) is 3.25. The minimum absolute atomic E-state index is 0. The van der Waals surface area contributed by atoms with Gasteiger partial charge >= 0.3 is 0 Å². The molecule has 1 aromatic heterocycles. The van der Waals surface area contributed by atoms with Gasteiger partial charge in [-0.2, -0.15) is 5.10 Å². The van der Waals surface area contributed by atoms with E-state index in [2.05, 4.69) is 31.7 Å². The van der Waals surface area contributed by atoms with Crippen molar-refractivity contribution < 1.29 is 4.79 Å². The van der Waals surface area contributed by atoms with Crippen molar-refractivity contribution in [3.63, 3.8) is 0 Å². The minimum Gasteiger partial charge on any atom is -0.349 e. The van der Waals surface area contributed by atoms with Crippen molar-refractivity contribution in [2.75, 3.05) is 13.6 Å². The van der Waals surface area contributed by atoms with Crippen LogP contribution in [0, 0.1) is 6.92 Å². The van der Waals surface area contributed by atoms with Crippen LogP contribution < -0.4 is 10.6 Å². The van der Waals surface area contributed by atoms with E-state index in [0.717, 1.165) is 15.9 Å². The van der Waals surface area contributed by atoms with E-state index in [4.69, 9.17) is 0 Å². The van der Waals surface area contributed by atoms with Crippen LogP contribution in [-0.4, -0.2) is 35.3 Å². The predicted octanol–water partition coefficient (Wildman–Crippen LogP) is 2.70. The molecule has 1 aromatic carbocycles. The maximum atomic E-state index is 12.1. The number of benzene rings is 1. The highest BCUT2D eigenvalue weighted by Crippen LogP contribution is 2.16. The van der Waals surface area contributed by atoms with Gasteiger partial charge in [0.1, 0.15) is 0 Å². The standard InChI is InChI=1S/C15H19BrN4O.ClH/c1-10(17-3)9-18-15(21)14-8-11(2)20(19-14)13-6-4-12(16)5-7-13;/h4-8,10,17H,9H2,1-3H3,(H,18,21);1H. The van der Waals surface area contributed by atoms with Crippen LogP contribution in [0.3, 0.4) is 0 Å². The third-order valence-corrected chi connectivity index (χ3v) is 3.78. The summed E-state index contributed by atoms with van der Waals surface area (Å²) in [6.07, 6.45) is 0. The third kappa shape index (κ3) is 4.56. The molecule has 2 aromatic rings. The first-order valence-corrected chi connectivity index (χ1v) is 7.58. The van der Waals surface area contributed by atoms with Gasteiger partial charge in [0.05, 0.1) is 5.69 Å². The average molecular weight is 388 g/mol. The average Bonchev–Trinajstić information content (AvgIpc) is 2.87. The molecule has 0 fully saturated rings. The van der Waals surface area contributed by atoms with Crippen LogP contribution in [0.15, 0.2) is 34.8 Å². The molecule has 1 unspecified atom stereocenters. The molecule has 0 radical (unpaired) electrons. The molecule has 120 valence electrons. The van der Waals surface area contributed by atoms with E-state index < -0.39 is 0 Å². The highest BCUT2D eigenvalue weighted by molar-refractivity contribution is 9.10. The lowest BCUT2D eigenvalue weighted by atomic mass is 10.3. The van der Waals surface area contributed by atoms with Gasteiger partial charge in [0, 0.05) is 22.8 Å². The smallest absolute Gasteiger partial charge is 0.271 e. The predicted molar refractivity (Wildman–Crippen MR) is 94.1 cm³/mol. The van der Waals surface area contributed by atoms with Crippen LogP contribution >= 0.6 is 28.3 Å². The van der Waals surface area contributed by atoms with Gasteiger partial charge in [-0.3, -0.25) is 4.79 Å². The number of halogens is 2. The van der Waals surface area contributed by atoms with E-state index in [1.165, 1.54) is 0 Å². The summed E-state index contributed by atoms with van der Waals surface area (Å²) >= 11 is 3.41. The number of likely N-dealkylation sites (N-methyl/N-ethyl adjacent to an activating group) is 1. The number of amides is 1. The lowest BCUT2D eigenvalue weighted by Gasteiger charge is -2.10. The number of hydrogen-bond donors (Lipinski definition) is 2. The van der Waals surface area contributed by atoms with Crippen molar-refractivity contribution in [1.82, 2.24) is 20.4 Å². The lowest BCUT2D eigenvalue weighted by molar-refractivity contribution is 0.0945. The van der Waals surface area contributed by atoms with Gasteiger partial charge in [-0.05, 0) is 51.2 Å². The summed E-state index contributed by atoms with van der Waals surface area (Å²) in [7, 11) is 1.86. The van der Waals surface area contributed by atoms with Gasteiger partial charge in [-0.15, -0.1) is 12.4 Å².